The van der Waals surface area contributed by atoms with Gasteiger partial charge >= 0.3 is 0 Å². The summed E-state index contributed by atoms with van der Waals surface area (Å²) in [6.07, 6.45) is 0.959. The zero-order valence-electron chi connectivity index (χ0n) is 17.3. The summed E-state index contributed by atoms with van der Waals surface area (Å²) in [6.45, 7) is 6.82. The van der Waals surface area contributed by atoms with Crippen molar-refractivity contribution in [2.75, 3.05) is 25.5 Å². The molecule has 0 spiro atoms. The quantitative estimate of drug-likeness (QED) is 0.622. The monoisotopic (exact) mass is 382 g/mol. The van der Waals surface area contributed by atoms with E-state index in [9.17, 15) is 9.59 Å². The van der Waals surface area contributed by atoms with Crippen LogP contribution in [0.25, 0.3) is 0 Å². The molecule has 0 aliphatic carbocycles. The second kappa shape index (κ2) is 10.6. The van der Waals surface area contributed by atoms with Gasteiger partial charge in [-0.2, -0.15) is 0 Å². The Morgan fingerprint density at radius 1 is 1.04 bits per heavy atom. The number of benzene rings is 2. The lowest BCUT2D eigenvalue weighted by Gasteiger charge is -2.22. The van der Waals surface area contributed by atoms with Gasteiger partial charge in [0.2, 0.25) is 0 Å². The van der Waals surface area contributed by atoms with Crippen LogP contribution in [0.2, 0.25) is 0 Å². The molecule has 0 bridgehead atoms. The first kappa shape index (κ1) is 21.6. The molecule has 0 fully saturated rings. The van der Waals surface area contributed by atoms with Gasteiger partial charge in [-0.1, -0.05) is 55.0 Å². The number of nitrogens with one attached hydrogen (secondary N) is 3. The summed E-state index contributed by atoms with van der Waals surface area (Å²) in [7, 11) is 1.87. The van der Waals surface area contributed by atoms with Gasteiger partial charge in [-0.05, 0) is 38.0 Å². The number of rotatable bonds is 9. The van der Waals surface area contributed by atoms with Gasteiger partial charge in [0.25, 0.3) is 11.8 Å². The molecule has 3 N–H and O–H groups in total. The highest BCUT2D eigenvalue weighted by atomic mass is 16.2. The zero-order chi connectivity index (χ0) is 20.5. The topological polar surface area (TPSA) is 62.6 Å². The number of likely N-dealkylation sites (N-methyl/N-ethyl adjacent to an activating group) is 1. The predicted octanol–water partition coefficient (Wildman–Crippen LogP) is 2.15. The maximum atomic E-state index is 12.5. The highest BCUT2D eigenvalue weighted by Crippen LogP contribution is 2.17. The Bertz CT molecular complexity index is 759. The summed E-state index contributed by atoms with van der Waals surface area (Å²) in [5.74, 6) is 0.161. The summed E-state index contributed by atoms with van der Waals surface area (Å²) in [5, 5.41) is 5.93. The third kappa shape index (κ3) is 6.50. The number of hydrogen-bond acceptors (Lipinski definition) is 2. The van der Waals surface area contributed by atoms with Crippen LogP contribution < -0.4 is 15.5 Å². The van der Waals surface area contributed by atoms with Gasteiger partial charge in [-0.25, -0.2) is 0 Å². The molecular weight excluding hydrogens is 350 g/mol. The Morgan fingerprint density at radius 3 is 2.29 bits per heavy atom. The fourth-order valence-electron chi connectivity index (χ4n) is 3.07. The van der Waals surface area contributed by atoms with Gasteiger partial charge in [-0.3, -0.25) is 9.59 Å². The van der Waals surface area contributed by atoms with E-state index in [2.05, 4.69) is 29.7 Å². The summed E-state index contributed by atoms with van der Waals surface area (Å²) >= 11 is 0. The Hall–Kier alpha value is -2.66. The summed E-state index contributed by atoms with van der Waals surface area (Å²) in [5.41, 5.74) is 3.15. The van der Waals surface area contributed by atoms with Crippen LogP contribution in [0.15, 0.2) is 54.6 Å². The molecule has 5 nitrogen and oxygen atoms in total. The van der Waals surface area contributed by atoms with Crippen molar-refractivity contribution in [3.63, 3.8) is 0 Å². The first-order chi connectivity index (χ1) is 13.4. The molecule has 0 aliphatic rings. The molecule has 2 aromatic carbocycles. The lowest BCUT2D eigenvalue weighted by atomic mass is 9.96. The summed E-state index contributed by atoms with van der Waals surface area (Å²) in [6, 6.07) is 17.6. The maximum Gasteiger partial charge on any atom is 0.279 e. The van der Waals surface area contributed by atoms with Gasteiger partial charge in [0.15, 0.2) is 12.6 Å². The Kier molecular flexibility index (Phi) is 8.20. The fourth-order valence-corrected chi connectivity index (χ4v) is 3.07. The molecule has 0 heterocycles. The number of amides is 2. The second-order valence-electron chi connectivity index (χ2n) is 7.42. The average Bonchev–Trinajstić information content (AvgIpc) is 2.70. The Labute approximate surface area is 168 Å². The van der Waals surface area contributed by atoms with E-state index in [0.29, 0.717) is 12.5 Å². The maximum absolute atomic E-state index is 12.5. The molecular formula is C23H32N3O2+. The number of hydrogen-bond donors (Lipinski definition) is 3. The predicted molar refractivity (Wildman–Crippen MR) is 114 cm³/mol. The second-order valence-corrected chi connectivity index (χ2v) is 7.42. The molecule has 3 atom stereocenters. The molecule has 5 heteroatoms. The van der Waals surface area contributed by atoms with Crippen LogP contribution in [-0.2, 0) is 9.59 Å². The summed E-state index contributed by atoms with van der Waals surface area (Å²) in [4.78, 5) is 25.7. The van der Waals surface area contributed by atoms with Gasteiger partial charge in [-0.15, -0.1) is 0 Å². The average molecular weight is 383 g/mol. The van der Waals surface area contributed by atoms with Gasteiger partial charge in [0, 0.05) is 18.2 Å². The van der Waals surface area contributed by atoms with E-state index in [-0.39, 0.29) is 24.4 Å². The molecule has 150 valence electrons. The van der Waals surface area contributed by atoms with Gasteiger partial charge in [0.05, 0.1) is 7.05 Å². The molecule has 0 radical (unpaired) electrons. The van der Waals surface area contributed by atoms with Crippen molar-refractivity contribution in [1.82, 2.24) is 5.32 Å². The van der Waals surface area contributed by atoms with E-state index in [0.717, 1.165) is 22.6 Å². The van der Waals surface area contributed by atoms with E-state index >= 15 is 0 Å². The number of carbonyl (C=O) groups is 2. The number of quaternary nitrogens is 1. The van der Waals surface area contributed by atoms with Crippen molar-refractivity contribution in [3.8, 4) is 0 Å². The molecule has 0 aromatic heterocycles. The standard InChI is InChI=1S/C23H31N3O2/c1-5-19(20-9-7-6-8-10-20)15-24-23(28)18(3)26(4)16-22(27)25-21-13-11-17(2)12-14-21/h6-14,18-19H,5,15-16H2,1-4H3,(H,24,28)(H,25,27)/p+1/t18-,19-/m0/s1. The first-order valence-corrected chi connectivity index (χ1v) is 9.92. The van der Waals surface area contributed by atoms with Crippen LogP contribution in [0.1, 0.15) is 37.3 Å². The van der Waals surface area contributed by atoms with E-state index in [1.54, 1.807) is 0 Å². The Balaban J connectivity index is 1.82. The normalized spacial score (nSPS) is 14.0. The van der Waals surface area contributed by atoms with E-state index in [4.69, 9.17) is 0 Å². The van der Waals surface area contributed by atoms with Crippen molar-refractivity contribution in [2.24, 2.45) is 0 Å². The van der Waals surface area contributed by atoms with Crippen molar-refractivity contribution in [1.29, 1.82) is 0 Å². The summed E-state index contributed by atoms with van der Waals surface area (Å²) < 4.78 is 0. The SMILES string of the molecule is CC[C@@H](CNC(=O)[C@H](C)[NH+](C)CC(=O)Nc1ccc(C)cc1)c1ccccc1. The minimum absolute atomic E-state index is 0.0324. The lowest BCUT2D eigenvalue weighted by Crippen LogP contribution is -3.15. The van der Waals surface area contributed by atoms with Crippen LogP contribution in [-0.4, -0.2) is 38.0 Å². The molecule has 0 saturated carbocycles. The molecule has 2 amide bonds. The van der Waals surface area contributed by atoms with Crippen molar-refractivity contribution in [3.05, 3.63) is 65.7 Å². The third-order valence-electron chi connectivity index (χ3n) is 5.19. The largest absolute Gasteiger partial charge is 0.350 e. The van der Waals surface area contributed by atoms with Crippen LogP contribution in [0.5, 0.6) is 0 Å². The molecule has 2 aromatic rings. The highest BCUT2D eigenvalue weighted by Gasteiger charge is 2.24. The number of anilines is 1. The molecule has 0 aliphatic heterocycles. The molecule has 1 unspecified atom stereocenters. The van der Waals surface area contributed by atoms with E-state index in [1.165, 1.54) is 5.56 Å². The van der Waals surface area contributed by atoms with Crippen molar-refractivity contribution < 1.29 is 14.5 Å². The molecule has 0 saturated heterocycles. The van der Waals surface area contributed by atoms with Crippen LogP contribution in [0.3, 0.4) is 0 Å². The van der Waals surface area contributed by atoms with Crippen molar-refractivity contribution in [2.45, 2.75) is 39.2 Å². The molecule has 2 rings (SSSR count). The number of carbonyl (C=O) groups excluding carboxylic acids is 2. The van der Waals surface area contributed by atoms with Crippen molar-refractivity contribution >= 4 is 17.5 Å². The lowest BCUT2D eigenvalue weighted by molar-refractivity contribution is -0.885. The fraction of sp³-hybridized carbons (Fsp3) is 0.391. The third-order valence-corrected chi connectivity index (χ3v) is 5.19. The minimum atomic E-state index is -0.308. The highest BCUT2D eigenvalue weighted by molar-refractivity contribution is 5.91. The molecule has 28 heavy (non-hydrogen) atoms. The number of aryl methyl sites for hydroxylation is 1. The van der Waals surface area contributed by atoms with Gasteiger partial charge in [0.1, 0.15) is 0 Å². The van der Waals surface area contributed by atoms with E-state index < -0.39 is 0 Å². The van der Waals surface area contributed by atoms with Gasteiger partial charge < -0.3 is 15.5 Å². The smallest absolute Gasteiger partial charge is 0.279 e. The van der Waals surface area contributed by atoms with E-state index in [1.807, 2.05) is 63.4 Å². The minimum Gasteiger partial charge on any atom is -0.350 e. The van der Waals surface area contributed by atoms with Crippen LogP contribution in [0, 0.1) is 6.92 Å². The first-order valence-electron chi connectivity index (χ1n) is 9.92. The van der Waals surface area contributed by atoms with Crippen LogP contribution in [0.4, 0.5) is 5.69 Å². The van der Waals surface area contributed by atoms with Crippen LogP contribution >= 0.6 is 0 Å². The zero-order valence-corrected chi connectivity index (χ0v) is 17.3. The Morgan fingerprint density at radius 2 is 1.68 bits per heavy atom.